The maximum atomic E-state index is 6.30. The summed E-state index contributed by atoms with van der Waals surface area (Å²) in [4.78, 5) is 17.9. The van der Waals surface area contributed by atoms with Gasteiger partial charge in [-0.05, 0) is 36.8 Å². The second-order valence-corrected chi connectivity index (χ2v) is 8.02. The highest BCUT2D eigenvalue weighted by molar-refractivity contribution is 6.35. The molecule has 8 heteroatoms. The zero-order chi connectivity index (χ0) is 20.0. The van der Waals surface area contributed by atoms with Crippen LogP contribution in [0.25, 0.3) is 22.9 Å². The molecule has 6 nitrogen and oxygen atoms in total. The number of nitrogens with two attached hydrogens (primary N) is 1. The van der Waals surface area contributed by atoms with Gasteiger partial charge in [-0.15, -0.1) is 0 Å². The summed E-state index contributed by atoms with van der Waals surface area (Å²) in [6.45, 7) is 0.398. The average Bonchev–Trinajstić information content (AvgIpc) is 3.18. The van der Waals surface area contributed by atoms with Crippen molar-refractivity contribution in [2.75, 3.05) is 5.73 Å². The molecular weight excluding hydrogens is 407 g/mol. The van der Waals surface area contributed by atoms with Crippen LogP contribution in [0, 0.1) is 0 Å². The average molecular weight is 425 g/mol. The van der Waals surface area contributed by atoms with Gasteiger partial charge >= 0.3 is 0 Å². The summed E-state index contributed by atoms with van der Waals surface area (Å²) in [6.07, 6.45) is 9.35. The van der Waals surface area contributed by atoms with Crippen molar-refractivity contribution < 1.29 is 0 Å². The van der Waals surface area contributed by atoms with Crippen LogP contribution >= 0.6 is 23.2 Å². The smallest absolute Gasteiger partial charge is 0.166 e. The van der Waals surface area contributed by atoms with Crippen molar-refractivity contribution >= 4 is 29.0 Å². The van der Waals surface area contributed by atoms with E-state index in [1.165, 1.54) is 24.0 Å². The Morgan fingerprint density at radius 2 is 1.83 bits per heavy atom. The molecule has 3 heterocycles. The Morgan fingerprint density at radius 1 is 1.03 bits per heavy atom. The van der Waals surface area contributed by atoms with Crippen molar-refractivity contribution in [1.29, 1.82) is 0 Å². The van der Waals surface area contributed by atoms with E-state index in [9.17, 15) is 0 Å². The van der Waals surface area contributed by atoms with Gasteiger partial charge in [0.1, 0.15) is 0 Å². The van der Waals surface area contributed by atoms with E-state index in [-0.39, 0.29) is 0 Å². The molecule has 0 fully saturated rings. The number of pyridine rings is 1. The van der Waals surface area contributed by atoms with Gasteiger partial charge in [0.2, 0.25) is 0 Å². The molecule has 0 radical (unpaired) electrons. The molecule has 1 aromatic carbocycles. The number of imidazole rings is 1. The number of rotatable bonds is 3. The first-order valence-electron chi connectivity index (χ1n) is 9.49. The molecule has 5 rings (SSSR count). The van der Waals surface area contributed by atoms with Crippen LogP contribution in [0.3, 0.4) is 0 Å². The van der Waals surface area contributed by atoms with Crippen LogP contribution in [-0.4, -0.2) is 24.5 Å². The Labute approximate surface area is 178 Å². The van der Waals surface area contributed by atoms with E-state index in [0.29, 0.717) is 39.8 Å². The number of halogens is 2. The number of nitrogen functional groups attached to an aromatic ring is 1. The van der Waals surface area contributed by atoms with Gasteiger partial charge in [0.15, 0.2) is 23.2 Å². The third kappa shape index (κ3) is 3.22. The number of nitrogens with zero attached hydrogens (tertiary/aromatic N) is 5. The second kappa shape index (κ2) is 7.28. The Kier molecular flexibility index (Phi) is 4.60. The first-order valence-corrected chi connectivity index (χ1v) is 10.2. The standard InChI is InChI=1S/C21H18Cl2N6/c22-16-8-25-9-17(23)15(16)10-29-11-26-19(24)18-21(29)28-20(27-18)14-7-3-5-12-4-1-2-6-13(12)14/h3,5,7-9,11H,1-2,4,6,10,24H2. The molecule has 2 N–H and O–H groups in total. The molecule has 146 valence electrons. The van der Waals surface area contributed by atoms with Gasteiger partial charge in [0, 0.05) is 23.5 Å². The highest BCUT2D eigenvalue weighted by atomic mass is 35.5. The number of anilines is 1. The van der Waals surface area contributed by atoms with E-state index in [4.69, 9.17) is 38.9 Å². The lowest BCUT2D eigenvalue weighted by Crippen LogP contribution is -2.10. The lowest BCUT2D eigenvalue weighted by atomic mass is 9.88. The van der Waals surface area contributed by atoms with Crippen molar-refractivity contribution in [3.63, 3.8) is 0 Å². The zero-order valence-electron chi connectivity index (χ0n) is 15.6. The van der Waals surface area contributed by atoms with Crippen LogP contribution in [0.5, 0.6) is 0 Å². The minimum absolute atomic E-state index is 0.353. The molecule has 1 aliphatic carbocycles. The quantitative estimate of drug-likeness (QED) is 0.517. The highest BCUT2D eigenvalue weighted by Crippen LogP contribution is 2.34. The molecule has 0 unspecified atom stereocenters. The summed E-state index contributed by atoms with van der Waals surface area (Å²) < 4.78 is 1.87. The molecule has 0 atom stereocenters. The van der Waals surface area contributed by atoms with Crippen LogP contribution < -0.4 is 5.73 Å². The largest absolute Gasteiger partial charge is 0.382 e. The minimum Gasteiger partial charge on any atom is -0.382 e. The summed E-state index contributed by atoms with van der Waals surface area (Å²) in [5.41, 5.74) is 11.3. The topological polar surface area (TPSA) is 82.5 Å². The molecule has 0 spiro atoms. The Morgan fingerprint density at radius 3 is 2.66 bits per heavy atom. The molecule has 2 aliphatic heterocycles. The van der Waals surface area contributed by atoms with E-state index >= 15 is 0 Å². The Bertz CT molecular complexity index is 1170. The van der Waals surface area contributed by atoms with E-state index < -0.39 is 0 Å². The number of hydrogen-bond donors (Lipinski definition) is 1. The number of aryl methyl sites for hydroxylation is 1. The molecule has 2 aromatic rings. The summed E-state index contributed by atoms with van der Waals surface area (Å²) in [7, 11) is 0. The van der Waals surface area contributed by atoms with E-state index in [0.717, 1.165) is 24.0 Å². The SMILES string of the molecule is Nc1ncn(Cc2c(Cl)cncc2Cl)c2nc(-c3cccc4c3CCCC4)nc1-2. The van der Waals surface area contributed by atoms with E-state index in [1.807, 2.05) is 4.57 Å². The first kappa shape index (κ1) is 18.3. The van der Waals surface area contributed by atoms with Crippen LogP contribution in [0.4, 0.5) is 5.82 Å². The monoisotopic (exact) mass is 424 g/mol. The van der Waals surface area contributed by atoms with Crippen LogP contribution in [-0.2, 0) is 19.4 Å². The number of aromatic nitrogens is 5. The molecule has 29 heavy (non-hydrogen) atoms. The first-order chi connectivity index (χ1) is 14.1. The minimum atomic E-state index is 0.353. The van der Waals surface area contributed by atoms with Gasteiger partial charge in [-0.3, -0.25) is 4.98 Å². The fourth-order valence-corrected chi connectivity index (χ4v) is 4.42. The summed E-state index contributed by atoms with van der Waals surface area (Å²) in [5.74, 6) is 1.69. The van der Waals surface area contributed by atoms with Gasteiger partial charge in [-0.2, -0.15) is 0 Å². The van der Waals surface area contributed by atoms with Crippen LogP contribution in [0.1, 0.15) is 29.5 Å². The maximum absolute atomic E-state index is 6.30. The summed E-state index contributed by atoms with van der Waals surface area (Å²) in [5, 5.41) is 0.985. The van der Waals surface area contributed by atoms with Crippen LogP contribution in [0.2, 0.25) is 10.0 Å². The van der Waals surface area contributed by atoms with Crippen molar-refractivity contribution in [2.45, 2.75) is 32.2 Å². The molecule has 0 saturated heterocycles. The molecule has 0 bridgehead atoms. The van der Waals surface area contributed by atoms with E-state index in [1.54, 1.807) is 18.7 Å². The predicted molar refractivity (Wildman–Crippen MR) is 114 cm³/mol. The van der Waals surface area contributed by atoms with Gasteiger partial charge < -0.3 is 10.3 Å². The lowest BCUT2D eigenvalue weighted by molar-refractivity contribution is 0.686. The number of benzene rings is 1. The number of fused-ring (bicyclic) bond motifs is 2. The van der Waals surface area contributed by atoms with Crippen molar-refractivity contribution in [2.24, 2.45) is 0 Å². The molecular formula is C21H18Cl2N6. The lowest BCUT2D eigenvalue weighted by Gasteiger charge is -2.17. The predicted octanol–water partition coefficient (Wildman–Crippen LogP) is 4.66. The zero-order valence-corrected chi connectivity index (χ0v) is 17.1. The van der Waals surface area contributed by atoms with Gasteiger partial charge in [0.05, 0.1) is 22.9 Å². The third-order valence-corrected chi connectivity index (χ3v) is 6.06. The maximum Gasteiger partial charge on any atom is 0.166 e. The van der Waals surface area contributed by atoms with Crippen molar-refractivity contribution in [3.8, 4) is 22.9 Å². The normalized spacial score (nSPS) is 13.6. The number of hydrogen-bond acceptors (Lipinski definition) is 5. The van der Waals surface area contributed by atoms with Gasteiger partial charge in [0.25, 0.3) is 0 Å². The highest BCUT2D eigenvalue weighted by Gasteiger charge is 2.23. The Hall–Kier alpha value is -2.70. The molecule has 1 aromatic heterocycles. The fraction of sp³-hybridized carbons (Fsp3) is 0.238. The van der Waals surface area contributed by atoms with Crippen molar-refractivity contribution in [3.05, 3.63) is 63.7 Å². The third-order valence-electron chi connectivity index (χ3n) is 5.41. The van der Waals surface area contributed by atoms with Gasteiger partial charge in [-0.25, -0.2) is 15.0 Å². The van der Waals surface area contributed by atoms with Gasteiger partial charge in [-0.1, -0.05) is 41.4 Å². The molecule has 0 saturated carbocycles. The van der Waals surface area contributed by atoms with E-state index in [2.05, 4.69) is 28.2 Å². The van der Waals surface area contributed by atoms with Crippen molar-refractivity contribution in [1.82, 2.24) is 24.5 Å². The van der Waals surface area contributed by atoms with Crippen LogP contribution in [0.15, 0.2) is 36.9 Å². The molecule has 0 amide bonds. The summed E-state index contributed by atoms with van der Waals surface area (Å²) in [6, 6.07) is 6.36. The molecule has 3 aliphatic rings. The fourth-order valence-electron chi connectivity index (χ4n) is 3.94. The summed E-state index contributed by atoms with van der Waals surface area (Å²) >= 11 is 12.6. The second-order valence-electron chi connectivity index (χ2n) is 7.21. The Balaban J connectivity index is 1.63.